The third-order valence-electron chi connectivity index (χ3n) is 12.9. The van der Waals surface area contributed by atoms with E-state index in [1.165, 1.54) is 57.8 Å². The maximum absolute atomic E-state index is 13.1. The molecule has 0 aromatic carbocycles. The van der Waals surface area contributed by atoms with Crippen LogP contribution in [0.4, 0.5) is 0 Å². The van der Waals surface area contributed by atoms with E-state index in [9.17, 15) is 34.5 Å². The van der Waals surface area contributed by atoms with Crippen molar-refractivity contribution >= 4 is 23.9 Å². The maximum Gasteiger partial charge on any atom is 0.335 e. The highest BCUT2D eigenvalue weighted by atomic mass is 16.7. The van der Waals surface area contributed by atoms with Crippen molar-refractivity contribution in [1.29, 1.82) is 0 Å². The standard InChI is InChI=1S/C63H104O12/c1-4-7-10-13-16-19-22-25-27-28-30-33-36-39-42-45-48-51-57(66)74-61-59(68)58(67)60(62(69)70)75-63(61)72-53-54(73-56(65)50-47-44-41-38-35-31-24-21-18-15-12-9-6-3)52-71-55(64)49-46-43-40-37-34-32-29-26-23-20-17-14-11-8-5-2/h9,12,16,18-19,21,25-27,29,31,35,41,44,54,58-61,63,67-68H,4-8,10-11,13-15,17,20,22-24,28,30,32-34,36-40,42-43,45-53H2,1-3H3,(H,69,70)/b12-9-,19-16-,21-18-,27-25-,29-26-,35-31-,44-41-. The molecule has 1 aliphatic rings. The molecule has 0 amide bonds. The third kappa shape index (κ3) is 40.8. The van der Waals surface area contributed by atoms with Gasteiger partial charge in [-0.25, -0.2) is 4.79 Å². The number of hydrogen-bond donors (Lipinski definition) is 3. The topological polar surface area (TPSA) is 175 Å². The second kappa shape index (κ2) is 50.7. The molecule has 3 N–H and O–H groups in total. The predicted octanol–water partition coefficient (Wildman–Crippen LogP) is 15.1. The highest BCUT2D eigenvalue weighted by molar-refractivity contribution is 5.74. The van der Waals surface area contributed by atoms with E-state index < -0.39 is 67.3 Å². The summed E-state index contributed by atoms with van der Waals surface area (Å²) in [4.78, 5) is 51.1. The Morgan fingerprint density at radius 1 is 0.453 bits per heavy atom. The van der Waals surface area contributed by atoms with Crippen LogP contribution in [0.2, 0.25) is 0 Å². The number of aliphatic hydroxyl groups excluding tert-OH is 2. The first-order chi connectivity index (χ1) is 36.6. The normalized spacial score (nSPS) is 18.8. The van der Waals surface area contributed by atoms with Crippen molar-refractivity contribution in [2.24, 2.45) is 0 Å². The zero-order valence-electron chi connectivity index (χ0n) is 47.0. The van der Waals surface area contributed by atoms with Gasteiger partial charge in [-0.3, -0.25) is 14.4 Å². The number of hydrogen-bond acceptors (Lipinski definition) is 11. The summed E-state index contributed by atoms with van der Waals surface area (Å²) in [5, 5.41) is 31.5. The molecule has 1 saturated heterocycles. The minimum atomic E-state index is -1.92. The first-order valence-corrected chi connectivity index (χ1v) is 29.6. The lowest BCUT2D eigenvalue weighted by Crippen LogP contribution is -2.61. The molecule has 6 atom stereocenters. The van der Waals surface area contributed by atoms with Gasteiger partial charge >= 0.3 is 23.9 Å². The van der Waals surface area contributed by atoms with E-state index >= 15 is 0 Å². The molecule has 1 aliphatic heterocycles. The third-order valence-corrected chi connectivity index (χ3v) is 12.9. The number of unbranched alkanes of at least 4 members (excludes halogenated alkanes) is 21. The second-order valence-corrected chi connectivity index (χ2v) is 19.9. The monoisotopic (exact) mass is 1050 g/mol. The quantitative estimate of drug-likeness (QED) is 0.0228. The van der Waals surface area contributed by atoms with E-state index in [-0.39, 0.29) is 25.9 Å². The van der Waals surface area contributed by atoms with Gasteiger partial charge in [0, 0.05) is 19.3 Å². The van der Waals surface area contributed by atoms with E-state index in [4.69, 9.17) is 23.7 Å². The number of rotatable bonds is 49. The molecule has 12 nitrogen and oxygen atoms in total. The Hall–Kier alpha value is -4.10. The van der Waals surface area contributed by atoms with E-state index in [2.05, 4.69) is 93.7 Å². The molecule has 1 rings (SSSR count). The van der Waals surface area contributed by atoms with Crippen LogP contribution in [0.25, 0.3) is 0 Å². The van der Waals surface area contributed by atoms with Gasteiger partial charge in [0.05, 0.1) is 6.61 Å². The molecule has 1 heterocycles. The number of carbonyl (C=O) groups is 4. The predicted molar refractivity (Wildman–Crippen MR) is 303 cm³/mol. The summed E-state index contributed by atoms with van der Waals surface area (Å²) >= 11 is 0. The molecule has 0 aliphatic carbocycles. The van der Waals surface area contributed by atoms with Crippen LogP contribution in [0.5, 0.6) is 0 Å². The fourth-order valence-corrected chi connectivity index (χ4v) is 8.41. The number of esters is 3. The van der Waals surface area contributed by atoms with Crippen LogP contribution in [0, 0.1) is 0 Å². The SMILES string of the molecule is CC/C=C\C/C=C\C/C=C\C/C=C\CCC(=O)OC(COC(=O)CCCCCCC/C=C\CCCCCCCC)COC1OC(C(=O)O)C(O)C(O)C1OC(=O)CCCCCCCCC/C=C\C/C=C\CCCCC. The Morgan fingerprint density at radius 2 is 0.867 bits per heavy atom. The molecule has 0 saturated carbocycles. The Bertz CT molecular complexity index is 1630. The van der Waals surface area contributed by atoms with Gasteiger partial charge in [-0.1, -0.05) is 202 Å². The number of carboxylic acid groups (broad SMARTS) is 1. The lowest BCUT2D eigenvalue weighted by molar-refractivity contribution is -0.301. The average Bonchev–Trinajstić information content (AvgIpc) is 3.39. The van der Waals surface area contributed by atoms with Gasteiger partial charge in [0.1, 0.15) is 18.8 Å². The lowest BCUT2D eigenvalue weighted by atomic mass is 9.98. The molecular weight excluding hydrogens is 949 g/mol. The Morgan fingerprint density at radius 3 is 1.37 bits per heavy atom. The molecule has 0 spiro atoms. The summed E-state index contributed by atoms with van der Waals surface area (Å²) in [7, 11) is 0. The molecule has 6 unspecified atom stereocenters. The van der Waals surface area contributed by atoms with Gasteiger partial charge in [-0.05, 0) is 103 Å². The van der Waals surface area contributed by atoms with Gasteiger partial charge in [-0.2, -0.15) is 0 Å². The number of aliphatic hydroxyl groups is 2. The van der Waals surface area contributed by atoms with Crippen molar-refractivity contribution in [3.05, 3.63) is 85.1 Å². The summed E-state index contributed by atoms with van der Waals surface area (Å²) in [5.74, 6) is -3.25. The van der Waals surface area contributed by atoms with E-state index in [1.54, 1.807) is 0 Å². The van der Waals surface area contributed by atoms with Crippen molar-refractivity contribution in [2.75, 3.05) is 13.2 Å². The van der Waals surface area contributed by atoms with Crippen LogP contribution in [-0.4, -0.2) is 89.2 Å². The van der Waals surface area contributed by atoms with E-state index in [0.717, 1.165) is 116 Å². The minimum absolute atomic E-state index is 0.0366. The fraction of sp³-hybridized carbons (Fsp3) is 0.714. The number of ether oxygens (including phenoxy) is 5. The minimum Gasteiger partial charge on any atom is -0.479 e. The molecule has 0 radical (unpaired) electrons. The summed E-state index contributed by atoms with van der Waals surface area (Å²) < 4.78 is 28.3. The molecule has 1 fully saturated rings. The molecule has 75 heavy (non-hydrogen) atoms. The zero-order valence-corrected chi connectivity index (χ0v) is 47.0. The maximum atomic E-state index is 13.1. The number of carboxylic acids is 1. The summed E-state index contributed by atoms with van der Waals surface area (Å²) in [6.45, 7) is 5.77. The largest absolute Gasteiger partial charge is 0.479 e. The Balaban J connectivity index is 2.73. The number of allylic oxidation sites excluding steroid dienone is 14. The second-order valence-electron chi connectivity index (χ2n) is 19.9. The molecule has 0 aromatic rings. The molecule has 428 valence electrons. The fourth-order valence-electron chi connectivity index (χ4n) is 8.41. The summed E-state index contributed by atoms with van der Waals surface area (Å²) in [5.41, 5.74) is 0. The first kappa shape index (κ1) is 68.9. The van der Waals surface area contributed by atoms with Crippen molar-refractivity contribution in [3.8, 4) is 0 Å². The van der Waals surface area contributed by atoms with Gasteiger partial charge < -0.3 is 39.0 Å². The van der Waals surface area contributed by atoms with Crippen molar-refractivity contribution in [1.82, 2.24) is 0 Å². The van der Waals surface area contributed by atoms with Crippen LogP contribution >= 0.6 is 0 Å². The molecule has 0 bridgehead atoms. The summed E-state index contributed by atoms with van der Waals surface area (Å²) in [6, 6.07) is 0. The molecular formula is C63H104O12. The van der Waals surface area contributed by atoms with Gasteiger partial charge in [0.15, 0.2) is 24.6 Å². The molecule has 0 aromatic heterocycles. The van der Waals surface area contributed by atoms with Crippen LogP contribution in [0.15, 0.2) is 85.1 Å². The van der Waals surface area contributed by atoms with Crippen LogP contribution in [0.3, 0.4) is 0 Å². The highest BCUT2D eigenvalue weighted by Gasteiger charge is 2.50. The lowest BCUT2D eigenvalue weighted by Gasteiger charge is -2.40. The van der Waals surface area contributed by atoms with Crippen molar-refractivity contribution < 1.29 is 58.2 Å². The average molecular weight is 1050 g/mol. The number of carbonyl (C=O) groups excluding carboxylic acids is 3. The van der Waals surface area contributed by atoms with Crippen LogP contribution < -0.4 is 0 Å². The smallest absolute Gasteiger partial charge is 0.335 e. The van der Waals surface area contributed by atoms with Crippen molar-refractivity contribution in [3.63, 3.8) is 0 Å². The number of aliphatic carboxylic acids is 1. The van der Waals surface area contributed by atoms with Gasteiger partial charge in [0.25, 0.3) is 0 Å². The van der Waals surface area contributed by atoms with Gasteiger partial charge in [0.2, 0.25) is 0 Å². The summed E-state index contributed by atoms with van der Waals surface area (Å²) in [6.07, 6.45) is 52.8. The van der Waals surface area contributed by atoms with Gasteiger partial charge in [-0.15, -0.1) is 0 Å². The Kier molecular flexibility index (Phi) is 46.6. The first-order valence-electron chi connectivity index (χ1n) is 29.6. The zero-order chi connectivity index (χ0) is 54.7. The van der Waals surface area contributed by atoms with Crippen LogP contribution in [-0.2, 0) is 42.9 Å². The Labute approximate surface area is 454 Å². The van der Waals surface area contributed by atoms with E-state index in [0.29, 0.717) is 25.7 Å². The van der Waals surface area contributed by atoms with E-state index in [1.807, 2.05) is 12.2 Å². The van der Waals surface area contributed by atoms with Crippen molar-refractivity contribution in [2.45, 2.75) is 276 Å². The highest BCUT2D eigenvalue weighted by Crippen LogP contribution is 2.26. The van der Waals surface area contributed by atoms with Crippen LogP contribution in [0.1, 0.15) is 239 Å². The molecule has 12 heteroatoms.